The largest absolute Gasteiger partial charge is 0.268 e. The van der Waals surface area contributed by atoms with E-state index in [9.17, 15) is 4.39 Å². The van der Waals surface area contributed by atoms with E-state index in [1.807, 2.05) is 35.8 Å². The molecule has 2 aromatic carbocycles. The molecular formula is C15H12FN3S. The van der Waals surface area contributed by atoms with Gasteiger partial charge in [-0.3, -0.25) is 9.67 Å². The quantitative estimate of drug-likeness (QED) is 0.721. The highest BCUT2D eigenvalue weighted by molar-refractivity contribution is 7.71. The van der Waals surface area contributed by atoms with Crippen molar-refractivity contribution in [1.29, 1.82) is 0 Å². The summed E-state index contributed by atoms with van der Waals surface area (Å²) in [6, 6.07) is 14.2. The molecule has 0 aliphatic heterocycles. The molecule has 0 spiro atoms. The van der Waals surface area contributed by atoms with Crippen molar-refractivity contribution >= 4 is 12.2 Å². The minimum atomic E-state index is -0.273. The molecule has 0 aliphatic rings. The summed E-state index contributed by atoms with van der Waals surface area (Å²) in [5.41, 5.74) is 2.90. The van der Waals surface area contributed by atoms with Crippen molar-refractivity contribution in [2.45, 2.75) is 6.92 Å². The van der Waals surface area contributed by atoms with Crippen LogP contribution in [0.15, 0.2) is 48.5 Å². The summed E-state index contributed by atoms with van der Waals surface area (Å²) in [5.74, 6) is 0.392. The number of hydrogen-bond donors (Lipinski definition) is 1. The number of benzene rings is 2. The van der Waals surface area contributed by atoms with Gasteiger partial charge in [-0.1, -0.05) is 17.7 Å². The van der Waals surface area contributed by atoms with Gasteiger partial charge in [0, 0.05) is 11.3 Å². The SMILES string of the molecule is Cc1ccc(-n2c(-c3ccc(F)cc3)n[nH]c2=S)cc1. The molecule has 0 saturated carbocycles. The molecule has 0 amide bonds. The Balaban J connectivity index is 2.17. The van der Waals surface area contributed by atoms with Gasteiger partial charge in [0.15, 0.2) is 10.6 Å². The minimum absolute atomic E-state index is 0.273. The zero-order valence-electron chi connectivity index (χ0n) is 10.8. The number of nitrogens with zero attached hydrogens (tertiary/aromatic N) is 2. The number of hydrogen-bond acceptors (Lipinski definition) is 2. The van der Waals surface area contributed by atoms with E-state index in [0.29, 0.717) is 10.6 Å². The Morgan fingerprint density at radius 2 is 1.70 bits per heavy atom. The molecule has 3 nitrogen and oxygen atoms in total. The third kappa shape index (κ3) is 2.28. The van der Waals surface area contributed by atoms with Crippen molar-refractivity contribution in [3.63, 3.8) is 0 Å². The molecule has 0 unspecified atom stereocenters. The summed E-state index contributed by atoms with van der Waals surface area (Å²) < 4.78 is 15.4. The predicted octanol–water partition coefficient (Wildman–Crippen LogP) is 4.04. The van der Waals surface area contributed by atoms with Gasteiger partial charge in [-0.2, -0.15) is 5.10 Å². The first-order valence-corrected chi connectivity index (χ1v) is 6.56. The van der Waals surface area contributed by atoms with E-state index in [1.165, 1.54) is 17.7 Å². The lowest BCUT2D eigenvalue weighted by atomic mass is 10.2. The summed E-state index contributed by atoms with van der Waals surface area (Å²) in [6.45, 7) is 2.03. The van der Waals surface area contributed by atoms with Crippen molar-refractivity contribution < 1.29 is 4.39 Å². The zero-order chi connectivity index (χ0) is 14.1. The van der Waals surface area contributed by atoms with E-state index in [0.717, 1.165) is 11.3 Å². The molecule has 3 rings (SSSR count). The first-order chi connectivity index (χ1) is 9.65. The van der Waals surface area contributed by atoms with Crippen LogP contribution in [0.5, 0.6) is 0 Å². The van der Waals surface area contributed by atoms with E-state index < -0.39 is 0 Å². The van der Waals surface area contributed by atoms with Crippen LogP contribution in [0.1, 0.15) is 5.56 Å². The van der Waals surface area contributed by atoms with Crippen LogP contribution in [-0.4, -0.2) is 14.8 Å². The van der Waals surface area contributed by atoms with Gasteiger partial charge in [0.1, 0.15) is 5.82 Å². The Kier molecular flexibility index (Phi) is 3.20. The molecule has 1 aromatic heterocycles. The zero-order valence-corrected chi connectivity index (χ0v) is 11.6. The Hall–Kier alpha value is -2.27. The lowest BCUT2D eigenvalue weighted by Gasteiger charge is -2.07. The summed E-state index contributed by atoms with van der Waals surface area (Å²) >= 11 is 5.28. The third-order valence-corrected chi connectivity index (χ3v) is 3.34. The predicted molar refractivity (Wildman–Crippen MR) is 78.9 cm³/mol. The van der Waals surface area contributed by atoms with Crippen molar-refractivity contribution in [2.75, 3.05) is 0 Å². The molecule has 3 aromatic rings. The number of aromatic nitrogens is 3. The van der Waals surface area contributed by atoms with E-state index in [-0.39, 0.29) is 5.82 Å². The molecule has 0 aliphatic carbocycles. The maximum absolute atomic E-state index is 13.0. The van der Waals surface area contributed by atoms with Crippen molar-refractivity contribution in [1.82, 2.24) is 14.8 Å². The van der Waals surface area contributed by atoms with Crippen LogP contribution in [0.25, 0.3) is 17.1 Å². The van der Waals surface area contributed by atoms with Gasteiger partial charge in [-0.25, -0.2) is 4.39 Å². The average molecular weight is 285 g/mol. The van der Waals surface area contributed by atoms with Gasteiger partial charge in [-0.15, -0.1) is 0 Å². The lowest BCUT2D eigenvalue weighted by Crippen LogP contribution is -1.97. The number of aryl methyl sites for hydroxylation is 1. The summed E-state index contributed by atoms with van der Waals surface area (Å²) in [6.07, 6.45) is 0. The maximum Gasteiger partial charge on any atom is 0.200 e. The number of halogens is 1. The van der Waals surface area contributed by atoms with E-state index in [1.54, 1.807) is 12.1 Å². The second-order valence-electron chi connectivity index (χ2n) is 4.53. The Morgan fingerprint density at radius 1 is 1.05 bits per heavy atom. The third-order valence-electron chi connectivity index (χ3n) is 3.07. The number of nitrogens with one attached hydrogen (secondary N) is 1. The summed E-state index contributed by atoms with van der Waals surface area (Å²) in [7, 11) is 0. The van der Waals surface area contributed by atoms with Crippen molar-refractivity contribution in [2.24, 2.45) is 0 Å². The monoisotopic (exact) mass is 285 g/mol. The van der Waals surface area contributed by atoms with E-state index in [4.69, 9.17) is 12.2 Å². The van der Waals surface area contributed by atoms with Crippen molar-refractivity contribution in [3.8, 4) is 17.1 Å². The van der Waals surface area contributed by atoms with Gasteiger partial charge < -0.3 is 0 Å². The van der Waals surface area contributed by atoms with E-state index >= 15 is 0 Å². The smallest absolute Gasteiger partial charge is 0.200 e. The van der Waals surface area contributed by atoms with Gasteiger partial charge in [0.2, 0.25) is 0 Å². The van der Waals surface area contributed by atoms with Gasteiger partial charge in [-0.05, 0) is 55.5 Å². The Bertz CT molecular complexity index is 785. The fraction of sp³-hybridized carbons (Fsp3) is 0.0667. The number of H-pyrrole nitrogens is 1. The van der Waals surface area contributed by atoms with E-state index in [2.05, 4.69) is 10.2 Å². The molecule has 5 heteroatoms. The van der Waals surface area contributed by atoms with Crippen LogP contribution in [0.4, 0.5) is 4.39 Å². The molecule has 0 bridgehead atoms. The molecule has 100 valence electrons. The molecular weight excluding hydrogens is 273 g/mol. The Morgan fingerprint density at radius 3 is 2.35 bits per heavy atom. The second-order valence-corrected chi connectivity index (χ2v) is 4.92. The summed E-state index contributed by atoms with van der Waals surface area (Å²) in [4.78, 5) is 0. The standard InChI is InChI=1S/C15H12FN3S/c1-10-2-8-13(9-3-10)19-14(17-18-15(19)20)11-4-6-12(16)7-5-11/h2-9H,1H3,(H,18,20). The molecule has 1 N–H and O–H groups in total. The molecule has 0 radical (unpaired) electrons. The average Bonchev–Trinajstić information content (AvgIpc) is 2.83. The first-order valence-electron chi connectivity index (χ1n) is 6.15. The van der Waals surface area contributed by atoms with Gasteiger partial charge in [0.25, 0.3) is 0 Å². The highest BCUT2D eigenvalue weighted by Crippen LogP contribution is 2.21. The highest BCUT2D eigenvalue weighted by atomic mass is 32.1. The van der Waals surface area contributed by atoms with Crippen LogP contribution < -0.4 is 0 Å². The van der Waals surface area contributed by atoms with Crippen LogP contribution in [0.2, 0.25) is 0 Å². The van der Waals surface area contributed by atoms with Gasteiger partial charge in [0.05, 0.1) is 0 Å². The number of aromatic amines is 1. The topological polar surface area (TPSA) is 33.6 Å². The molecule has 0 fully saturated rings. The van der Waals surface area contributed by atoms with Crippen LogP contribution >= 0.6 is 12.2 Å². The normalized spacial score (nSPS) is 10.7. The first kappa shape index (κ1) is 12.7. The fourth-order valence-electron chi connectivity index (χ4n) is 2.02. The molecule has 20 heavy (non-hydrogen) atoms. The van der Waals surface area contributed by atoms with Gasteiger partial charge >= 0.3 is 0 Å². The molecule has 1 heterocycles. The fourth-order valence-corrected chi connectivity index (χ4v) is 2.26. The van der Waals surface area contributed by atoms with Crippen LogP contribution in [0.3, 0.4) is 0 Å². The lowest BCUT2D eigenvalue weighted by molar-refractivity contribution is 0.628. The minimum Gasteiger partial charge on any atom is -0.268 e. The van der Waals surface area contributed by atoms with Crippen LogP contribution in [-0.2, 0) is 0 Å². The number of rotatable bonds is 2. The van der Waals surface area contributed by atoms with Crippen molar-refractivity contribution in [3.05, 3.63) is 64.7 Å². The molecule has 0 saturated heterocycles. The summed E-state index contributed by atoms with van der Waals surface area (Å²) in [5, 5.41) is 7.02. The maximum atomic E-state index is 13.0. The highest BCUT2D eigenvalue weighted by Gasteiger charge is 2.10. The Labute approximate surface area is 120 Å². The molecule has 0 atom stereocenters. The van der Waals surface area contributed by atoms with Crippen LogP contribution in [0, 0.1) is 17.5 Å². The second kappa shape index (κ2) is 5.02.